The number of benzene rings is 1. The highest BCUT2D eigenvalue weighted by molar-refractivity contribution is 6.01. The summed E-state index contributed by atoms with van der Waals surface area (Å²) in [5.41, 5.74) is -0.215. The third-order valence-electron chi connectivity index (χ3n) is 3.80. The first-order valence-electron chi connectivity index (χ1n) is 9.06. The fourth-order valence-corrected chi connectivity index (χ4v) is 2.19. The van der Waals surface area contributed by atoms with Crippen molar-refractivity contribution in [2.45, 2.75) is 52.2 Å². The molecule has 7 heteroatoms. The number of Topliss-reactive ketones (excluding diaryl/α,β-unsaturated/α-hetero) is 1. The van der Waals surface area contributed by atoms with Gasteiger partial charge in [0.15, 0.2) is 12.4 Å². The van der Waals surface area contributed by atoms with Crippen LogP contribution in [0.15, 0.2) is 24.3 Å². The van der Waals surface area contributed by atoms with Crippen molar-refractivity contribution in [3.8, 4) is 5.75 Å². The molecule has 1 saturated carbocycles. The second-order valence-electron chi connectivity index (χ2n) is 7.67. The van der Waals surface area contributed by atoms with E-state index in [4.69, 9.17) is 14.2 Å². The number of nitrogens with one attached hydrogen (secondary N) is 1. The van der Waals surface area contributed by atoms with Crippen molar-refractivity contribution in [2.75, 3.05) is 13.2 Å². The summed E-state index contributed by atoms with van der Waals surface area (Å²) in [6.45, 7) is 7.12. The molecule has 1 atom stereocenters. The second-order valence-corrected chi connectivity index (χ2v) is 7.67. The number of hydrogen-bond acceptors (Lipinski definition) is 6. The van der Waals surface area contributed by atoms with Gasteiger partial charge in [-0.05, 0) is 70.7 Å². The van der Waals surface area contributed by atoms with E-state index in [1.807, 2.05) is 0 Å². The Kier molecular flexibility index (Phi) is 6.82. The molecule has 1 aromatic rings. The predicted octanol–water partition coefficient (Wildman–Crippen LogP) is 3.11. The van der Waals surface area contributed by atoms with Crippen LogP contribution in [0.2, 0.25) is 0 Å². The van der Waals surface area contributed by atoms with Gasteiger partial charge in [0.1, 0.15) is 11.4 Å². The van der Waals surface area contributed by atoms with Gasteiger partial charge < -0.3 is 19.5 Å². The Hall–Kier alpha value is -2.57. The zero-order valence-corrected chi connectivity index (χ0v) is 16.2. The van der Waals surface area contributed by atoms with Crippen LogP contribution in [0.5, 0.6) is 5.75 Å². The molecule has 1 amide bonds. The molecule has 1 fully saturated rings. The Bertz CT molecular complexity index is 673. The smallest absolute Gasteiger partial charge is 0.408 e. The number of ether oxygens (including phenoxy) is 3. The monoisotopic (exact) mass is 377 g/mol. The number of alkyl carbamates (subject to hydrolysis) is 1. The van der Waals surface area contributed by atoms with E-state index in [0.717, 1.165) is 12.8 Å². The van der Waals surface area contributed by atoms with Crippen molar-refractivity contribution in [1.29, 1.82) is 0 Å². The van der Waals surface area contributed by atoms with Crippen LogP contribution in [0.25, 0.3) is 0 Å². The molecule has 1 aliphatic rings. The Balaban J connectivity index is 1.79. The molecule has 2 rings (SSSR count). The molecule has 148 valence electrons. The molecule has 0 saturated heterocycles. The summed E-state index contributed by atoms with van der Waals surface area (Å²) in [6.07, 6.45) is 1.59. The number of amides is 1. The minimum Gasteiger partial charge on any atom is -0.482 e. The summed E-state index contributed by atoms with van der Waals surface area (Å²) >= 11 is 0. The number of hydrogen-bond donors (Lipinski definition) is 1. The van der Waals surface area contributed by atoms with Crippen molar-refractivity contribution in [2.24, 2.45) is 5.92 Å². The zero-order chi connectivity index (χ0) is 20.0. The van der Waals surface area contributed by atoms with E-state index in [-0.39, 0.29) is 12.4 Å². The van der Waals surface area contributed by atoms with E-state index < -0.39 is 23.7 Å². The Morgan fingerprint density at radius 2 is 1.78 bits per heavy atom. The van der Waals surface area contributed by atoms with Crippen LogP contribution >= 0.6 is 0 Å². The normalized spacial score (nSPS) is 14.8. The molecule has 0 aromatic heterocycles. The fraction of sp³-hybridized carbons (Fsp3) is 0.550. The van der Waals surface area contributed by atoms with Crippen LogP contribution in [-0.2, 0) is 14.3 Å². The number of ketones is 1. The first kappa shape index (κ1) is 20.7. The molecule has 0 heterocycles. The molecule has 1 unspecified atom stereocenters. The van der Waals surface area contributed by atoms with Gasteiger partial charge in [-0.25, -0.2) is 9.59 Å². The van der Waals surface area contributed by atoms with Crippen molar-refractivity contribution >= 4 is 17.8 Å². The van der Waals surface area contributed by atoms with Crippen molar-refractivity contribution in [1.82, 2.24) is 5.32 Å². The number of carbonyl (C=O) groups excluding carboxylic acids is 3. The average Bonchev–Trinajstić information content (AvgIpc) is 3.40. The molecule has 0 bridgehead atoms. The highest BCUT2D eigenvalue weighted by Gasteiger charge is 2.23. The lowest BCUT2D eigenvalue weighted by atomic mass is 10.1. The first-order chi connectivity index (χ1) is 12.6. The highest BCUT2D eigenvalue weighted by atomic mass is 16.6. The molecule has 7 nitrogen and oxygen atoms in total. The van der Waals surface area contributed by atoms with E-state index >= 15 is 0 Å². The summed E-state index contributed by atoms with van der Waals surface area (Å²) in [7, 11) is 0. The third-order valence-corrected chi connectivity index (χ3v) is 3.80. The van der Waals surface area contributed by atoms with Crippen LogP contribution in [0.4, 0.5) is 4.79 Å². The largest absolute Gasteiger partial charge is 0.482 e. The molecular formula is C20H27NO6. The van der Waals surface area contributed by atoms with Gasteiger partial charge in [-0.1, -0.05) is 0 Å². The maximum atomic E-state index is 12.4. The summed E-state index contributed by atoms with van der Waals surface area (Å²) in [5, 5.41) is 2.51. The van der Waals surface area contributed by atoms with Gasteiger partial charge in [0.2, 0.25) is 0 Å². The highest BCUT2D eigenvalue weighted by Crippen LogP contribution is 2.28. The Labute approximate surface area is 159 Å². The van der Waals surface area contributed by atoms with Gasteiger partial charge in [-0.2, -0.15) is 0 Å². The van der Waals surface area contributed by atoms with Crippen LogP contribution in [0.3, 0.4) is 0 Å². The van der Waals surface area contributed by atoms with Crippen molar-refractivity contribution < 1.29 is 28.6 Å². The van der Waals surface area contributed by atoms with E-state index in [1.165, 1.54) is 0 Å². The minimum absolute atomic E-state index is 0.170. The van der Waals surface area contributed by atoms with Gasteiger partial charge in [0, 0.05) is 5.56 Å². The van der Waals surface area contributed by atoms with Gasteiger partial charge in [-0.3, -0.25) is 4.79 Å². The predicted molar refractivity (Wildman–Crippen MR) is 98.8 cm³/mol. The molecule has 1 N–H and O–H groups in total. The standard InChI is InChI=1S/C20H27NO6/c1-13(21-19(24)27-20(2,3)4)18(23)15-7-9-16(10-8-15)25-12-17(22)26-11-14-5-6-14/h7-10,13-14H,5-6,11-12H2,1-4H3,(H,21,24). The lowest BCUT2D eigenvalue weighted by Gasteiger charge is -2.21. The molecule has 0 aliphatic heterocycles. The third kappa shape index (κ3) is 7.68. The molecule has 0 radical (unpaired) electrons. The van der Waals surface area contributed by atoms with E-state index in [1.54, 1.807) is 52.0 Å². The average molecular weight is 377 g/mol. The maximum absolute atomic E-state index is 12.4. The molecule has 1 aromatic carbocycles. The van der Waals surface area contributed by atoms with E-state index in [0.29, 0.717) is 23.8 Å². The van der Waals surface area contributed by atoms with Crippen molar-refractivity contribution in [3.63, 3.8) is 0 Å². The van der Waals surface area contributed by atoms with Gasteiger partial charge in [0.05, 0.1) is 12.6 Å². The summed E-state index contributed by atoms with van der Waals surface area (Å²) < 4.78 is 15.6. The molecule has 1 aliphatic carbocycles. The van der Waals surface area contributed by atoms with Gasteiger partial charge in [-0.15, -0.1) is 0 Å². The zero-order valence-electron chi connectivity index (χ0n) is 16.2. The number of esters is 1. The van der Waals surface area contributed by atoms with Crippen LogP contribution in [0.1, 0.15) is 50.9 Å². The molecule has 27 heavy (non-hydrogen) atoms. The summed E-state index contributed by atoms with van der Waals surface area (Å²) in [4.78, 5) is 35.7. The quantitative estimate of drug-likeness (QED) is 0.553. The Morgan fingerprint density at radius 1 is 1.15 bits per heavy atom. The first-order valence-corrected chi connectivity index (χ1v) is 9.06. The second kappa shape index (κ2) is 8.88. The topological polar surface area (TPSA) is 90.9 Å². The fourth-order valence-electron chi connectivity index (χ4n) is 2.19. The van der Waals surface area contributed by atoms with E-state index in [2.05, 4.69) is 5.32 Å². The van der Waals surface area contributed by atoms with Crippen LogP contribution in [0, 0.1) is 5.92 Å². The van der Waals surface area contributed by atoms with Gasteiger partial charge >= 0.3 is 12.1 Å². The molecule has 0 spiro atoms. The maximum Gasteiger partial charge on any atom is 0.408 e. The van der Waals surface area contributed by atoms with E-state index in [9.17, 15) is 14.4 Å². The van der Waals surface area contributed by atoms with Crippen LogP contribution < -0.4 is 10.1 Å². The van der Waals surface area contributed by atoms with Crippen LogP contribution in [-0.4, -0.2) is 42.7 Å². The van der Waals surface area contributed by atoms with Crippen molar-refractivity contribution in [3.05, 3.63) is 29.8 Å². The SMILES string of the molecule is CC(NC(=O)OC(C)(C)C)C(=O)c1ccc(OCC(=O)OCC2CC2)cc1. The molecular weight excluding hydrogens is 350 g/mol. The summed E-state index contributed by atoms with van der Waals surface area (Å²) in [6, 6.07) is 5.63. The number of carbonyl (C=O) groups is 3. The lowest BCUT2D eigenvalue weighted by Crippen LogP contribution is -2.41. The minimum atomic E-state index is -0.732. The van der Waals surface area contributed by atoms with Gasteiger partial charge in [0.25, 0.3) is 0 Å². The lowest BCUT2D eigenvalue weighted by molar-refractivity contribution is -0.146. The summed E-state index contributed by atoms with van der Waals surface area (Å²) in [5.74, 6) is 0.312. The number of rotatable bonds is 8. The Morgan fingerprint density at radius 3 is 2.33 bits per heavy atom.